The number of hydrogen-bond acceptors (Lipinski definition) is 1. The second-order valence-corrected chi connectivity index (χ2v) is 5.99. The molecule has 0 spiro atoms. The van der Waals surface area contributed by atoms with E-state index in [4.69, 9.17) is 29.6 Å². The Hall–Kier alpha value is -1.24. The molecular formula is C16H16Cl2FNO. The fraction of sp³-hybridized carbons (Fsp3) is 0.438. The van der Waals surface area contributed by atoms with Crippen LogP contribution in [-0.2, 0) is 0 Å². The number of terminal acetylenes is 1. The number of nitrogens with zero attached hydrogens (tertiary/aromatic N) is 1. The quantitative estimate of drug-likeness (QED) is 0.589. The molecule has 1 amide bonds. The van der Waals surface area contributed by atoms with Crippen molar-refractivity contribution in [1.29, 1.82) is 0 Å². The minimum absolute atomic E-state index is 0.0945. The summed E-state index contributed by atoms with van der Waals surface area (Å²) < 4.78 is 13.6. The Bertz CT molecular complexity index is 576. The average Bonchev–Trinajstić information content (AvgIpc) is 2.49. The number of carbonyl (C=O) groups is 1. The highest BCUT2D eigenvalue weighted by Crippen LogP contribution is 2.28. The fourth-order valence-corrected chi connectivity index (χ4v) is 3.16. The lowest BCUT2D eigenvalue weighted by molar-refractivity contribution is 0.0667. The Labute approximate surface area is 134 Å². The van der Waals surface area contributed by atoms with E-state index in [1.54, 1.807) is 4.90 Å². The van der Waals surface area contributed by atoms with Crippen LogP contribution in [-0.4, -0.2) is 23.4 Å². The summed E-state index contributed by atoms with van der Waals surface area (Å²) in [4.78, 5) is 14.3. The standard InChI is InChI=1S/C16H16Cl2FNO/c1-2-8-20(11-6-4-3-5-7-11)16(21)12-9-15(19)14(18)10-13(12)17/h1,9-11H,3-8H2. The van der Waals surface area contributed by atoms with Gasteiger partial charge in [-0.3, -0.25) is 4.79 Å². The molecule has 1 aliphatic carbocycles. The molecule has 5 heteroatoms. The zero-order valence-corrected chi connectivity index (χ0v) is 13.1. The van der Waals surface area contributed by atoms with E-state index >= 15 is 0 Å². The van der Waals surface area contributed by atoms with Crippen molar-refractivity contribution < 1.29 is 9.18 Å². The summed E-state index contributed by atoms with van der Waals surface area (Å²) in [6, 6.07) is 2.43. The van der Waals surface area contributed by atoms with Gasteiger partial charge in [0.25, 0.3) is 5.91 Å². The predicted octanol–water partition coefficient (Wildman–Crippen LogP) is 4.54. The van der Waals surface area contributed by atoms with Gasteiger partial charge in [-0.25, -0.2) is 4.39 Å². The first-order valence-electron chi connectivity index (χ1n) is 6.93. The van der Waals surface area contributed by atoms with Gasteiger partial charge in [0.05, 0.1) is 22.2 Å². The molecule has 1 aromatic carbocycles. The molecule has 2 nitrogen and oxygen atoms in total. The van der Waals surface area contributed by atoms with Crippen LogP contribution in [0.5, 0.6) is 0 Å². The van der Waals surface area contributed by atoms with Crippen molar-refractivity contribution >= 4 is 29.1 Å². The van der Waals surface area contributed by atoms with Crippen molar-refractivity contribution in [1.82, 2.24) is 4.90 Å². The highest BCUT2D eigenvalue weighted by atomic mass is 35.5. The van der Waals surface area contributed by atoms with E-state index in [0.717, 1.165) is 31.7 Å². The fourth-order valence-electron chi connectivity index (χ4n) is 2.70. The second-order valence-electron chi connectivity index (χ2n) is 5.18. The van der Waals surface area contributed by atoms with Crippen LogP contribution >= 0.6 is 23.2 Å². The van der Waals surface area contributed by atoms with E-state index < -0.39 is 5.82 Å². The van der Waals surface area contributed by atoms with Crippen molar-refractivity contribution in [2.45, 2.75) is 38.1 Å². The largest absolute Gasteiger partial charge is 0.324 e. The molecule has 0 unspecified atom stereocenters. The molecule has 0 saturated heterocycles. The topological polar surface area (TPSA) is 20.3 Å². The molecule has 1 aromatic rings. The summed E-state index contributed by atoms with van der Waals surface area (Å²) in [6.07, 6.45) is 10.5. The first kappa shape index (κ1) is 16.1. The summed E-state index contributed by atoms with van der Waals surface area (Å²) in [5.74, 6) is 1.51. The third-order valence-electron chi connectivity index (χ3n) is 3.78. The number of hydrogen-bond donors (Lipinski definition) is 0. The van der Waals surface area contributed by atoms with E-state index in [1.807, 2.05) is 0 Å². The molecule has 0 aromatic heterocycles. The summed E-state index contributed by atoms with van der Waals surface area (Å²) in [5.41, 5.74) is 0.111. The van der Waals surface area contributed by atoms with E-state index in [0.29, 0.717) is 0 Å². The number of carbonyl (C=O) groups excluding carboxylic acids is 1. The van der Waals surface area contributed by atoms with Gasteiger partial charge in [0, 0.05) is 6.04 Å². The van der Waals surface area contributed by atoms with Gasteiger partial charge in [0.15, 0.2) is 0 Å². The van der Waals surface area contributed by atoms with Gasteiger partial charge in [-0.15, -0.1) is 6.42 Å². The minimum atomic E-state index is -0.659. The number of rotatable bonds is 3. The molecule has 0 radical (unpaired) electrons. The molecule has 0 atom stereocenters. The van der Waals surface area contributed by atoms with Gasteiger partial charge in [-0.1, -0.05) is 48.4 Å². The number of halogens is 3. The van der Waals surface area contributed by atoms with Crippen molar-refractivity contribution in [3.63, 3.8) is 0 Å². The van der Waals surface area contributed by atoms with Crippen LogP contribution in [0.3, 0.4) is 0 Å². The Kier molecular flexibility index (Phi) is 5.50. The van der Waals surface area contributed by atoms with Crippen LogP contribution in [0.2, 0.25) is 10.0 Å². The lowest BCUT2D eigenvalue weighted by atomic mass is 9.93. The van der Waals surface area contributed by atoms with Gasteiger partial charge < -0.3 is 4.90 Å². The third-order valence-corrected chi connectivity index (χ3v) is 4.38. The van der Waals surface area contributed by atoms with Crippen molar-refractivity contribution in [3.05, 3.63) is 33.6 Å². The van der Waals surface area contributed by atoms with Gasteiger partial charge in [0.1, 0.15) is 5.82 Å². The molecule has 0 N–H and O–H groups in total. The molecular weight excluding hydrogens is 312 g/mol. The van der Waals surface area contributed by atoms with Crippen LogP contribution < -0.4 is 0 Å². The van der Waals surface area contributed by atoms with Crippen LogP contribution in [0.1, 0.15) is 42.5 Å². The smallest absolute Gasteiger partial charge is 0.256 e. The molecule has 21 heavy (non-hydrogen) atoms. The second kappa shape index (κ2) is 7.15. The lowest BCUT2D eigenvalue weighted by Gasteiger charge is -2.33. The Morgan fingerprint density at radius 1 is 1.29 bits per heavy atom. The number of benzene rings is 1. The van der Waals surface area contributed by atoms with Gasteiger partial charge in [-0.2, -0.15) is 0 Å². The molecule has 2 rings (SSSR count). The first-order valence-corrected chi connectivity index (χ1v) is 7.69. The maximum absolute atomic E-state index is 13.6. The molecule has 0 aliphatic heterocycles. The van der Waals surface area contributed by atoms with Crippen LogP contribution in [0, 0.1) is 18.2 Å². The van der Waals surface area contributed by atoms with Gasteiger partial charge in [0.2, 0.25) is 0 Å². The SMILES string of the molecule is C#CCN(C(=O)c1cc(F)c(Cl)cc1Cl)C1CCCCC1. The maximum Gasteiger partial charge on any atom is 0.256 e. The predicted molar refractivity (Wildman–Crippen MR) is 83.2 cm³/mol. The molecule has 1 saturated carbocycles. The Morgan fingerprint density at radius 3 is 2.57 bits per heavy atom. The summed E-state index contributed by atoms with van der Waals surface area (Å²) in [5, 5.41) is 0.0435. The van der Waals surface area contributed by atoms with Crippen molar-refractivity contribution in [3.8, 4) is 12.3 Å². The average molecular weight is 328 g/mol. The monoisotopic (exact) mass is 327 g/mol. The van der Waals surface area contributed by atoms with Crippen LogP contribution in [0.25, 0.3) is 0 Å². The molecule has 0 bridgehead atoms. The van der Waals surface area contributed by atoms with E-state index in [-0.39, 0.29) is 34.1 Å². The summed E-state index contributed by atoms with van der Waals surface area (Å²) in [7, 11) is 0. The Balaban J connectivity index is 2.30. The molecule has 112 valence electrons. The molecule has 0 heterocycles. The molecule has 1 aliphatic rings. The van der Waals surface area contributed by atoms with Crippen LogP contribution in [0.4, 0.5) is 4.39 Å². The lowest BCUT2D eigenvalue weighted by Crippen LogP contribution is -2.41. The first-order chi connectivity index (χ1) is 10.0. The highest BCUT2D eigenvalue weighted by molar-refractivity contribution is 6.36. The highest BCUT2D eigenvalue weighted by Gasteiger charge is 2.27. The third kappa shape index (κ3) is 3.70. The van der Waals surface area contributed by atoms with E-state index in [1.165, 1.54) is 12.5 Å². The van der Waals surface area contributed by atoms with E-state index in [2.05, 4.69) is 5.92 Å². The zero-order valence-electron chi connectivity index (χ0n) is 11.5. The van der Waals surface area contributed by atoms with Gasteiger partial charge in [-0.05, 0) is 25.0 Å². The number of amides is 1. The van der Waals surface area contributed by atoms with E-state index in [9.17, 15) is 9.18 Å². The van der Waals surface area contributed by atoms with Crippen molar-refractivity contribution in [2.24, 2.45) is 0 Å². The Morgan fingerprint density at radius 2 is 1.95 bits per heavy atom. The molecule has 1 fully saturated rings. The normalized spacial score (nSPS) is 15.5. The summed E-state index contributed by atoms with van der Waals surface area (Å²) in [6.45, 7) is 0.198. The summed E-state index contributed by atoms with van der Waals surface area (Å²) >= 11 is 11.7. The maximum atomic E-state index is 13.6. The van der Waals surface area contributed by atoms with Crippen LogP contribution in [0.15, 0.2) is 12.1 Å². The van der Waals surface area contributed by atoms with Crippen molar-refractivity contribution in [2.75, 3.05) is 6.54 Å². The zero-order chi connectivity index (χ0) is 15.4. The minimum Gasteiger partial charge on any atom is -0.324 e. The van der Waals surface area contributed by atoms with Gasteiger partial charge >= 0.3 is 0 Å².